The third-order valence-corrected chi connectivity index (χ3v) is 3.64. The molecule has 7 heteroatoms. The summed E-state index contributed by atoms with van der Waals surface area (Å²) in [5.74, 6) is -0.906. The molecular formula is C16H12ClFN4O. The first-order chi connectivity index (χ1) is 11.1. The fourth-order valence-corrected chi connectivity index (χ4v) is 2.32. The zero-order chi connectivity index (χ0) is 16.4. The maximum Gasteiger partial charge on any atom is 0.278 e. The number of amides is 1. The Morgan fingerprint density at radius 3 is 2.61 bits per heavy atom. The van der Waals surface area contributed by atoms with E-state index in [1.807, 2.05) is 0 Å². The first kappa shape index (κ1) is 15.2. The fraction of sp³-hybridized carbons (Fsp3) is 0.0625. The van der Waals surface area contributed by atoms with Gasteiger partial charge < -0.3 is 5.32 Å². The molecule has 1 N–H and O–H groups in total. The molecule has 1 aromatic heterocycles. The van der Waals surface area contributed by atoms with Gasteiger partial charge in [-0.2, -0.15) is 0 Å². The Kier molecular flexibility index (Phi) is 4.08. The minimum absolute atomic E-state index is 0.105. The number of hydrogen-bond donors (Lipinski definition) is 1. The van der Waals surface area contributed by atoms with Gasteiger partial charge in [0.2, 0.25) is 0 Å². The van der Waals surface area contributed by atoms with Crippen molar-refractivity contribution in [2.75, 3.05) is 5.32 Å². The van der Waals surface area contributed by atoms with Crippen LogP contribution in [0.25, 0.3) is 5.69 Å². The third kappa shape index (κ3) is 2.93. The Bertz CT molecular complexity index is 878. The van der Waals surface area contributed by atoms with Crippen LogP contribution in [-0.2, 0) is 0 Å². The summed E-state index contributed by atoms with van der Waals surface area (Å²) in [6.45, 7) is 1.65. The third-order valence-electron chi connectivity index (χ3n) is 3.31. The van der Waals surface area contributed by atoms with E-state index in [4.69, 9.17) is 11.6 Å². The van der Waals surface area contributed by atoms with Crippen molar-refractivity contribution in [2.45, 2.75) is 6.92 Å². The summed E-state index contributed by atoms with van der Waals surface area (Å²) < 4.78 is 15.1. The molecule has 3 aromatic rings. The van der Waals surface area contributed by atoms with Crippen LogP contribution in [0.2, 0.25) is 5.02 Å². The average molecular weight is 331 g/mol. The Labute approximate surface area is 136 Å². The minimum Gasteiger partial charge on any atom is -0.319 e. The van der Waals surface area contributed by atoms with Crippen LogP contribution in [0, 0.1) is 12.7 Å². The summed E-state index contributed by atoms with van der Waals surface area (Å²) >= 11 is 6.01. The number of aromatic nitrogens is 3. The number of benzene rings is 2. The SMILES string of the molecule is Cc1c(C(=O)Nc2ccccc2Cl)nnn1-c1ccccc1F. The quantitative estimate of drug-likeness (QED) is 0.798. The molecule has 0 bridgehead atoms. The van der Waals surface area contributed by atoms with E-state index in [2.05, 4.69) is 15.6 Å². The number of halogens is 2. The van der Waals surface area contributed by atoms with Gasteiger partial charge in [-0.1, -0.05) is 41.1 Å². The van der Waals surface area contributed by atoms with Crippen molar-refractivity contribution >= 4 is 23.2 Å². The van der Waals surface area contributed by atoms with Crippen molar-refractivity contribution in [2.24, 2.45) is 0 Å². The van der Waals surface area contributed by atoms with Crippen LogP contribution in [0.1, 0.15) is 16.2 Å². The second kappa shape index (κ2) is 6.18. The van der Waals surface area contributed by atoms with E-state index >= 15 is 0 Å². The lowest BCUT2D eigenvalue weighted by molar-refractivity contribution is 0.102. The molecule has 0 aliphatic carbocycles. The molecule has 0 aliphatic rings. The maximum atomic E-state index is 13.9. The van der Waals surface area contributed by atoms with E-state index in [1.54, 1.807) is 49.4 Å². The number of para-hydroxylation sites is 2. The van der Waals surface area contributed by atoms with Crippen LogP contribution >= 0.6 is 11.6 Å². The van der Waals surface area contributed by atoms with Gasteiger partial charge in [0.25, 0.3) is 5.91 Å². The summed E-state index contributed by atoms with van der Waals surface area (Å²) in [6, 6.07) is 13.0. The van der Waals surface area contributed by atoms with Gasteiger partial charge in [-0.15, -0.1) is 5.10 Å². The Morgan fingerprint density at radius 2 is 1.87 bits per heavy atom. The number of anilines is 1. The number of nitrogens with one attached hydrogen (secondary N) is 1. The molecule has 1 heterocycles. The van der Waals surface area contributed by atoms with Crippen LogP contribution in [0.5, 0.6) is 0 Å². The van der Waals surface area contributed by atoms with Gasteiger partial charge in [0.05, 0.1) is 16.4 Å². The van der Waals surface area contributed by atoms with E-state index < -0.39 is 11.7 Å². The molecule has 0 atom stereocenters. The first-order valence-corrected chi connectivity index (χ1v) is 7.19. The summed E-state index contributed by atoms with van der Waals surface area (Å²) in [4.78, 5) is 12.3. The fourth-order valence-electron chi connectivity index (χ4n) is 2.14. The van der Waals surface area contributed by atoms with Crippen molar-refractivity contribution in [3.63, 3.8) is 0 Å². The van der Waals surface area contributed by atoms with Gasteiger partial charge in [-0.3, -0.25) is 4.79 Å². The predicted octanol–water partition coefficient (Wildman–Crippen LogP) is 3.62. The molecule has 116 valence electrons. The Balaban J connectivity index is 1.92. The van der Waals surface area contributed by atoms with Gasteiger partial charge in [0.15, 0.2) is 5.69 Å². The summed E-state index contributed by atoms with van der Waals surface area (Å²) in [5.41, 5.74) is 1.24. The largest absolute Gasteiger partial charge is 0.319 e. The second-order valence-corrected chi connectivity index (χ2v) is 5.23. The van der Waals surface area contributed by atoms with Crippen molar-refractivity contribution < 1.29 is 9.18 Å². The lowest BCUT2D eigenvalue weighted by Gasteiger charge is -2.06. The molecule has 0 aliphatic heterocycles. The topological polar surface area (TPSA) is 59.8 Å². The van der Waals surface area contributed by atoms with Gasteiger partial charge in [-0.25, -0.2) is 9.07 Å². The zero-order valence-corrected chi connectivity index (χ0v) is 12.9. The molecule has 5 nitrogen and oxygen atoms in total. The minimum atomic E-state index is -0.460. The summed E-state index contributed by atoms with van der Waals surface area (Å²) in [7, 11) is 0. The molecule has 0 radical (unpaired) electrons. The van der Waals surface area contributed by atoms with Crippen LogP contribution in [0.3, 0.4) is 0 Å². The molecule has 0 fully saturated rings. The molecule has 0 saturated carbocycles. The van der Waals surface area contributed by atoms with E-state index in [9.17, 15) is 9.18 Å². The van der Waals surface area contributed by atoms with Gasteiger partial charge in [0.1, 0.15) is 11.5 Å². The number of carbonyl (C=O) groups is 1. The summed E-state index contributed by atoms with van der Waals surface area (Å²) in [5, 5.41) is 10.8. The standard InChI is InChI=1S/C16H12ClFN4O/c1-10-15(16(23)19-13-8-4-2-6-11(13)17)20-21-22(10)14-9-5-3-7-12(14)18/h2-9H,1H3,(H,19,23). The van der Waals surface area contributed by atoms with Crippen molar-refractivity contribution in [1.82, 2.24) is 15.0 Å². The molecule has 2 aromatic carbocycles. The molecule has 23 heavy (non-hydrogen) atoms. The van der Waals surface area contributed by atoms with Crippen molar-refractivity contribution in [1.29, 1.82) is 0 Å². The van der Waals surface area contributed by atoms with E-state index in [1.165, 1.54) is 10.7 Å². The lowest BCUT2D eigenvalue weighted by Crippen LogP contribution is -2.14. The Morgan fingerprint density at radius 1 is 1.17 bits per heavy atom. The van der Waals surface area contributed by atoms with Crippen molar-refractivity contribution in [3.05, 3.63) is 70.8 Å². The van der Waals surface area contributed by atoms with Crippen molar-refractivity contribution in [3.8, 4) is 5.69 Å². The highest BCUT2D eigenvalue weighted by molar-refractivity contribution is 6.33. The van der Waals surface area contributed by atoms with Gasteiger partial charge in [0, 0.05) is 0 Å². The molecular weight excluding hydrogens is 319 g/mol. The smallest absolute Gasteiger partial charge is 0.278 e. The highest BCUT2D eigenvalue weighted by Crippen LogP contribution is 2.22. The maximum absolute atomic E-state index is 13.9. The molecule has 0 spiro atoms. The molecule has 3 rings (SSSR count). The second-order valence-electron chi connectivity index (χ2n) is 4.82. The Hall–Kier alpha value is -2.73. The van der Waals surface area contributed by atoms with Gasteiger partial charge >= 0.3 is 0 Å². The van der Waals surface area contributed by atoms with Crippen LogP contribution in [0.4, 0.5) is 10.1 Å². The van der Waals surface area contributed by atoms with Crippen LogP contribution in [0.15, 0.2) is 48.5 Å². The monoisotopic (exact) mass is 330 g/mol. The predicted molar refractivity (Wildman–Crippen MR) is 85.5 cm³/mol. The van der Waals surface area contributed by atoms with E-state index in [-0.39, 0.29) is 11.4 Å². The highest BCUT2D eigenvalue weighted by Gasteiger charge is 2.19. The molecule has 1 amide bonds. The van der Waals surface area contributed by atoms with Crippen LogP contribution < -0.4 is 5.32 Å². The highest BCUT2D eigenvalue weighted by atomic mass is 35.5. The molecule has 0 unspecified atom stereocenters. The van der Waals surface area contributed by atoms with E-state index in [0.717, 1.165) is 0 Å². The van der Waals surface area contributed by atoms with Gasteiger partial charge in [-0.05, 0) is 31.2 Å². The first-order valence-electron chi connectivity index (χ1n) is 6.81. The zero-order valence-electron chi connectivity index (χ0n) is 12.1. The number of rotatable bonds is 3. The number of hydrogen-bond acceptors (Lipinski definition) is 3. The normalized spacial score (nSPS) is 10.6. The molecule has 0 saturated heterocycles. The number of carbonyl (C=O) groups excluding carboxylic acids is 1. The van der Waals surface area contributed by atoms with E-state index in [0.29, 0.717) is 16.4 Å². The number of nitrogens with zero attached hydrogens (tertiary/aromatic N) is 3. The lowest BCUT2D eigenvalue weighted by atomic mass is 10.2. The average Bonchev–Trinajstić information content (AvgIpc) is 2.92. The van der Waals surface area contributed by atoms with Crippen LogP contribution in [-0.4, -0.2) is 20.9 Å². The summed E-state index contributed by atoms with van der Waals surface area (Å²) in [6.07, 6.45) is 0.